The zero-order chi connectivity index (χ0) is 16.4. The molecule has 0 saturated carbocycles. The number of nitrogens with zero attached hydrogens (tertiary/aromatic N) is 4. The van der Waals surface area contributed by atoms with Crippen molar-refractivity contribution in [1.82, 2.24) is 20.2 Å². The van der Waals surface area contributed by atoms with Crippen molar-refractivity contribution in [3.63, 3.8) is 0 Å². The first-order valence-electron chi connectivity index (χ1n) is 8.11. The second kappa shape index (κ2) is 6.39. The summed E-state index contributed by atoms with van der Waals surface area (Å²) < 4.78 is 13.5. The summed E-state index contributed by atoms with van der Waals surface area (Å²) in [5.41, 5.74) is 2.96. The molecule has 3 heterocycles. The molecule has 0 atom stereocenters. The monoisotopic (exact) mass is 323 g/mol. The number of aromatic amines is 1. The van der Waals surface area contributed by atoms with E-state index in [0.29, 0.717) is 5.92 Å². The van der Waals surface area contributed by atoms with Crippen molar-refractivity contribution in [2.45, 2.75) is 18.8 Å². The van der Waals surface area contributed by atoms with Crippen molar-refractivity contribution in [3.05, 3.63) is 60.6 Å². The molecule has 0 bridgehead atoms. The fourth-order valence-corrected chi connectivity index (χ4v) is 3.35. The summed E-state index contributed by atoms with van der Waals surface area (Å²) in [6.45, 7) is 1.84. The van der Waals surface area contributed by atoms with E-state index in [9.17, 15) is 4.39 Å². The number of H-pyrrole nitrogens is 1. The molecule has 122 valence electrons. The molecule has 0 unspecified atom stereocenters. The van der Waals surface area contributed by atoms with Crippen LogP contribution in [0.15, 0.2) is 49.1 Å². The molecule has 1 aliphatic rings. The van der Waals surface area contributed by atoms with Crippen LogP contribution in [0.3, 0.4) is 0 Å². The van der Waals surface area contributed by atoms with Crippen LogP contribution in [0.25, 0.3) is 11.1 Å². The largest absolute Gasteiger partial charge is 0.355 e. The highest BCUT2D eigenvalue weighted by molar-refractivity contribution is 5.66. The Morgan fingerprint density at radius 2 is 2.00 bits per heavy atom. The fourth-order valence-electron chi connectivity index (χ4n) is 3.35. The van der Waals surface area contributed by atoms with Crippen LogP contribution in [0.4, 0.5) is 10.2 Å². The summed E-state index contributed by atoms with van der Waals surface area (Å²) in [7, 11) is 0. The lowest BCUT2D eigenvalue weighted by atomic mass is 9.89. The molecule has 1 saturated heterocycles. The third kappa shape index (κ3) is 2.87. The van der Waals surface area contributed by atoms with Gasteiger partial charge in [0.2, 0.25) is 0 Å². The molecule has 0 spiro atoms. The maximum absolute atomic E-state index is 13.5. The van der Waals surface area contributed by atoms with Gasteiger partial charge >= 0.3 is 0 Å². The molecule has 6 heteroatoms. The molecule has 4 rings (SSSR count). The number of benzene rings is 1. The third-order valence-electron chi connectivity index (χ3n) is 4.58. The van der Waals surface area contributed by atoms with Crippen LogP contribution in [-0.4, -0.2) is 33.3 Å². The quantitative estimate of drug-likeness (QED) is 0.803. The predicted molar refractivity (Wildman–Crippen MR) is 90.2 cm³/mol. The summed E-state index contributed by atoms with van der Waals surface area (Å²) in [6.07, 6.45) is 9.00. The van der Waals surface area contributed by atoms with Gasteiger partial charge in [-0.2, -0.15) is 5.10 Å². The summed E-state index contributed by atoms with van der Waals surface area (Å²) in [4.78, 5) is 10.8. The van der Waals surface area contributed by atoms with Crippen LogP contribution in [-0.2, 0) is 0 Å². The van der Waals surface area contributed by atoms with Crippen LogP contribution < -0.4 is 4.90 Å². The molecule has 1 fully saturated rings. The van der Waals surface area contributed by atoms with Crippen LogP contribution >= 0.6 is 0 Å². The van der Waals surface area contributed by atoms with E-state index in [1.807, 2.05) is 6.07 Å². The third-order valence-corrected chi connectivity index (χ3v) is 4.58. The first-order valence-corrected chi connectivity index (χ1v) is 8.11. The Morgan fingerprint density at radius 3 is 2.75 bits per heavy atom. The van der Waals surface area contributed by atoms with Gasteiger partial charge in [-0.05, 0) is 30.5 Å². The number of piperidine rings is 1. The Labute approximate surface area is 139 Å². The Morgan fingerprint density at radius 1 is 1.12 bits per heavy atom. The second-order valence-electron chi connectivity index (χ2n) is 6.03. The molecule has 0 aliphatic carbocycles. The molecule has 1 aromatic carbocycles. The Bertz CT molecular complexity index is 809. The SMILES string of the molecule is Fc1cccc(-c2cn[nH]c2C2CCN(c3cnccn3)CC2)c1. The summed E-state index contributed by atoms with van der Waals surface area (Å²) in [6, 6.07) is 6.68. The molecule has 1 aliphatic heterocycles. The van der Waals surface area contributed by atoms with Crippen molar-refractivity contribution in [3.8, 4) is 11.1 Å². The fraction of sp³-hybridized carbons (Fsp3) is 0.278. The highest BCUT2D eigenvalue weighted by atomic mass is 19.1. The van der Waals surface area contributed by atoms with Gasteiger partial charge in [0.25, 0.3) is 0 Å². The van der Waals surface area contributed by atoms with Crippen LogP contribution in [0.5, 0.6) is 0 Å². The molecule has 0 radical (unpaired) electrons. The van der Waals surface area contributed by atoms with E-state index in [2.05, 4.69) is 25.1 Å². The molecule has 0 amide bonds. The van der Waals surface area contributed by atoms with Gasteiger partial charge in [0, 0.05) is 42.7 Å². The van der Waals surface area contributed by atoms with Gasteiger partial charge in [0.1, 0.15) is 11.6 Å². The number of hydrogen-bond donors (Lipinski definition) is 1. The highest BCUT2D eigenvalue weighted by Gasteiger charge is 2.25. The Balaban J connectivity index is 1.52. The molecule has 3 aromatic rings. The van der Waals surface area contributed by atoms with Gasteiger partial charge < -0.3 is 4.90 Å². The van der Waals surface area contributed by atoms with Gasteiger partial charge in [-0.25, -0.2) is 9.37 Å². The number of hydrogen-bond acceptors (Lipinski definition) is 4. The summed E-state index contributed by atoms with van der Waals surface area (Å²) in [5, 5.41) is 7.33. The lowest BCUT2D eigenvalue weighted by Crippen LogP contribution is -2.33. The summed E-state index contributed by atoms with van der Waals surface area (Å²) >= 11 is 0. The van der Waals surface area contributed by atoms with Gasteiger partial charge in [-0.3, -0.25) is 10.1 Å². The zero-order valence-corrected chi connectivity index (χ0v) is 13.2. The minimum Gasteiger partial charge on any atom is -0.355 e. The van der Waals surface area contributed by atoms with Crippen molar-refractivity contribution < 1.29 is 4.39 Å². The average molecular weight is 323 g/mol. The molecule has 1 N–H and O–H groups in total. The smallest absolute Gasteiger partial charge is 0.147 e. The molecular formula is C18H18FN5. The Kier molecular flexibility index (Phi) is 3.94. The van der Waals surface area contributed by atoms with Crippen LogP contribution in [0.2, 0.25) is 0 Å². The maximum Gasteiger partial charge on any atom is 0.147 e. The maximum atomic E-state index is 13.5. The summed E-state index contributed by atoms with van der Waals surface area (Å²) in [5.74, 6) is 1.08. The van der Waals surface area contributed by atoms with Crippen LogP contribution in [0.1, 0.15) is 24.5 Å². The van der Waals surface area contributed by atoms with Crippen molar-refractivity contribution in [1.29, 1.82) is 0 Å². The first-order chi connectivity index (χ1) is 11.8. The molecule has 5 nitrogen and oxygen atoms in total. The van der Waals surface area contributed by atoms with Gasteiger partial charge in [0.05, 0.1) is 12.4 Å². The number of anilines is 1. The number of rotatable bonds is 3. The predicted octanol–water partition coefficient (Wildman–Crippen LogP) is 3.39. The van der Waals surface area contributed by atoms with Crippen molar-refractivity contribution in [2.24, 2.45) is 0 Å². The van der Waals surface area contributed by atoms with Gasteiger partial charge in [0.15, 0.2) is 0 Å². The van der Waals surface area contributed by atoms with E-state index in [1.165, 1.54) is 6.07 Å². The highest BCUT2D eigenvalue weighted by Crippen LogP contribution is 2.34. The normalized spacial score (nSPS) is 15.6. The van der Waals surface area contributed by atoms with Crippen molar-refractivity contribution >= 4 is 5.82 Å². The van der Waals surface area contributed by atoms with Crippen LogP contribution in [0, 0.1) is 5.82 Å². The minimum absolute atomic E-state index is 0.225. The lowest BCUT2D eigenvalue weighted by Gasteiger charge is -2.32. The van der Waals surface area contributed by atoms with Gasteiger partial charge in [-0.15, -0.1) is 0 Å². The van der Waals surface area contributed by atoms with E-state index < -0.39 is 0 Å². The first kappa shape index (κ1) is 14.8. The van der Waals surface area contributed by atoms with Gasteiger partial charge in [-0.1, -0.05) is 12.1 Å². The van der Waals surface area contributed by atoms with E-state index >= 15 is 0 Å². The topological polar surface area (TPSA) is 57.7 Å². The Hall–Kier alpha value is -2.76. The van der Waals surface area contributed by atoms with E-state index in [0.717, 1.165) is 48.6 Å². The average Bonchev–Trinajstić information content (AvgIpc) is 3.12. The molecule has 2 aromatic heterocycles. The number of nitrogens with one attached hydrogen (secondary N) is 1. The van der Waals surface area contributed by atoms with Crippen molar-refractivity contribution in [2.75, 3.05) is 18.0 Å². The minimum atomic E-state index is -0.225. The molecule has 24 heavy (non-hydrogen) atoms. The lowest BCUT2D eigenvalue weighted by molar-refractivity contribution is 0.493. The van der Waals surface area contributed by atoms with E-state index in [4.69, 9.17) is 0 Å². The number of halogens is 1. The van der Waals surface area contributed by atoms with E-state index in [-0.39, 0.29) is 5.82 Å². The zero-order valence-electron chi connectivity index (χ0n) is 13.2. The molecular weight excluding hydrogens is 305 g/mol. The van der Waals surface area contributed by atoms with E-state index in [1.54, 1.807) is 36.9 Å². The standard InChI is InChI=1S/C18H18FN5/c19-15-3-1-2-14(10-15)16-11-22-23-18(16)13-4-8-24(9-5-13)17-12-20-6-7-21-17/h1-3,6-7,10-13H,4-5,8-9H2,(H,22,23). The number of aromatic nitrogens is 4. The second-order valence-corrected chi connectivity index (χ2v) is 6.03.